The number of halogens is 8. The summed E-state index contributed by atoms with van der Waals surface area (Å²) in [6.45, 7) is -2.79. The Kier molecular flexibility index (Phi) is 8.00. The van der Waals surface area contributed by atoms with Gasteiger partial charge >= 0.3 is 18.0 Å². The Morgan fingerprint density at radius 2 is 1.67 bits per heavy atom. The van der Waals surface area contributed by atoms with Crippen LogP contribution in [0, 0.1) is 0 Å². The normalized spacial score (nSPS) is 18.4. The molecule has 1 aliphatic rings. The molecule has 1 aliphatic heterocycles. The predicted octanol–water partition coefficient (Wildman–Crippen LogP) is 4.07. The van der Waals surface area contributed by atoms with Crippen LogP contribution in [0.5, 0.6) is 0 Å². The molecule has 2 aromatic heterocycles. The molecule has 43 heavy (non-hydrogen) atoms. The first kappa shape index (κ1) is 30.8. The van der Waals surface area contributed by atoms with E-state index in [4.69, 9.17) is 23.2 Å². The van der Waals surface area contributed by atoms with Crippen molar-refractivity contribution in [2.45, 2.75) is 43.6 Å². The Bertz CT molecular complexity index is 1690. The maximum absolute atomic E-state index is 13.5. The first-order chi connectivity index (χ1) is 20.1. The summed E-state index contributed by atoms with van der Waals surface area (Å²) >= 11 is 12.2. The number of hydrogen-bond acceptors (Lipinski definition) is 7. The monoisotopic (exact) mass is 651 g/mol. The summed E-state index contributed by atoms with van der Waals surface area (Å²) in [4.78, 5) is 18.7. The maximum Gasteiger partial charge on any atom is 0.419 e. The second kappa shape index (κ2) is 11.2. The molecule has 0 radical (unpaired) electrons. The highest BCUT2D eigenvalue weighted by Gasteiger charge is 2.57. The topological polar surface area (TPSA) is 114 Å². The average Bonchev–Trinajstić information content (AvgIpc) is 3.61. The minimum atomic E-state index is -5.03. The SMILES string of the molecule is O=c1n(Cc2nc(N3CCC(O)(C(F)(F)F)C3)n(-c3ccccc3Cl)n2)nc(-c2ccc(Cl)cc2)n1CC(O)C(F)(F)F. The number of aromatic nitrogens is 6. The van der Waals surface area contributed by atoms with E-state index < -0.39 is 55.8 Å². The van der Waals surface area contributed by atoms with Gasteiger partial charge in [0.2, 0.25) is 5.95 Å². The Morgan fingerprint density at radius 3 is 2.28 bits per heavy atom. The van der Waals surface area contributed by atoms with E-state index in [1.54, 1.807) is 12.1 Å². The van der Waals surface area contributed by atoms with Gasteiger partial charge in [-0.3, -0.25) is 4.57 Å². The molecule has 18 heteroatoms. The smallest absolute Gasteiger partial charge is 0.382 e. The van der Waals surface area contributed by atoms with Crippen molar-refractivity contribution in [3.63, 3.8) is 0 Å². The third kappa shape index (κ3) is 6.09. The zero-order chi connectivity index (χ0) is 31.3. The molecule has 0 saturated carbocycles. The molecule has 230 valence electrons. The second-order valence-corrected chi connectivity index (χ2v) is 10.7. The van der Waals surface area contributed by atoms with E-state index in [9.17, 15) is 41.4 Å². The molecule has 5 rings (SSSR count). The molecular formula is C25H21Cl2F6N7O3. The number of β-amino-alcohol motifs (C(OH)–C–C–N with tert-alkyl or cyclic N) is 1. The van der Waals surface area contributed by atoms with Gasteiger partial charge in [-0.05, 0) is 36.4 Å². The molecule has 0 aliphatic carbocycles. The van der Waals surface area contributed by atoms with E-state index in [0.717, 1.165) is 14.3 Å². The highest BCUT2D eigenvalue weighted by Crippen LogP contribution is 2.39. The van der Waals surface area contributed by atoms with Crippen molar-refractivity contribution in [1.82, 2.24) is 29.1 Å². The number of anilines is 1. The van der Waals surface area contributed by atoms with E-state index in [-0.39, 0.29) is 40.4 Å². The highest BCUT2D eigenvalue weighted by atomic mass is 35.5. The number of rotatable bonds is 7. The number of aliphatic hydroxyl groups is 2. The van der Waals surface area contributed by atoms with Crippen LogP contribution in [0.3, 0.4) is 0 Å². The number of benzene rings is 2. The lowest BCUT2D eigenvalue weighted by Gasteiger charge is -2.26. The van der Waals surface area contributed by atoms with E-state index in [1.165, 1.54) is 36.4 Å². The number of aliphatic hydroxyl groups excluding tert-OH is 1. The molecule has 2 N–H and O–H groups in total. The van der Waals surface area contributed by atoms with Gasteiger partial charge in [0.05, 0.1) is 23.8 Å². The third-order valence-electron chi connectivity index (χ3n) is 6.82. The van der Waals surface area contributed by atoms with Gasteiger partial charge in [-0.2, -0.15) is 36.0 Å². The number of para-hydroxylation sites is 1. The summed E-state index contributed by atoms with van der Waals surface area (Å²) in [7, 11) is 0. The Morgan fingerprint density at radius 1 is 1.00 bits per heavy atom. The quantitative estimate of drug-likeness (QED) is 0.290. The van der Waals surface area contributed by atoms with Crippen molar-refractivity contribution in [3.05, 3.63) is 74.9 Å². The summed E-state index contributed by atoms with van der Waals surface area (Å²) in [5.74, 6) is -0.491. The van der Waals surface area contributed by atoms with Crippen LogP contribution in [0.4, 0.5) is 32.3 Å². The molecule has 2 unspecified atom stereocenters. The van der Waals surface area contributed by atoms with Gasteiger partial charge in [0.1, 0.15) is 6.54 Å². The Balaban J connectivity index is 1.57. The van der Waals surface area contributed by atoms with E-state index in [2.05, 4.69) is 15.2 Å². The summed E-state index contributed by atoms with van der Waals surface area (Å²) < 4.78 is 82.7. The molecule has 1 fully saturated rings. The highest BCUT2D eigenvalue weighted by molar-refractivity contribution is 6.32. The van der Waals surface area contributed by atoms with Crippen LogP contribution in [-0.4, -0.2) is 76.5 Å². The number of hydrogen-bond donors (Lipinski definition) is 2. The van der Waals surface area contributed by atoms with Gasteiger partial charge in [0.15, 0.2) is 23.4 Å². The summed E-state index contributed by atoms with van der Waals surface area (Å²) in [5.41, 5.74) is -3.61. The first-order valence-corrected chi connectivity index (χ1v) is 13.3. The fourth-order valence-electron chi connectivity index (χ4n) is 4.53. The van der Waals surface area contributed by atoms with Gasteiger partial charge < -0.3 is 15.1 Å². The lowest BCUT2D eigenvalue weighted by Crippen LogP contribution is -2.47. The van der Waals surface area contributed by atoms with Crippen LogP contribution < -0.4 is 10.6 Å². The Hall–Kier alpha value is -3.60. The molecule has 10 nitrogen and oxygen atoms in total. The van der Waals surface area contributed by atoms with Crippen molar-refractivity contribution < 1.29 is 36.6 Å². The fraction of sp³-hybridized carbons (Fsp3) is 0.360. The van der Waals surface area contributed by atoms with E-state index in [1.807, 2.05) is 0 Å². The lowest BCUT2D eigenvalue weighted by atomic mass is 10.0. The first-order valence-electron chi connectivity index (χ1n) is 12.5. The molecule has 0 spiro atoms. The molecule has 3 heterocycles. The zero-order valence-corrected chi connectivity index (χ0v) is 23.2. The number of alkyl halides is 6. The van der Waals surface area contributed by atoms with Crippen molar-refractivity contribution in [2.24, 2.45) is 0 Å². The molecule has 4 aromatic rings. The second-order valence-electron chi connectivity index (χ2n) is 9.83. The van der Waals surface area contributed by atoms with Crippen molar-refractivity contribution in [3.8, 4) is 17.1 Å². The standard InChI is InChI=1S/C25H21Cl2F6N7O3/c26-15-7-5-14(6-8-15)20-36-39(22(42)38(20)11-18(41)24(28,29)30)12-19-34-21(37-10-9-23(43,13-37)25(31,32)33)40(35-19)17-4-2-1-3-16(17)27/h1-8,18,41,43H,9-13H2. The van der Waals surface area contributed by atoms with Gasteiger partial charge in [0.25, 0.3) is 0 Å². The van der Waals surface area contributed by atoms with Gasteiger partial charge in [-0.25, -0.2) is 9.48 Å². The summed E-state index contributed by atoms with van der Waals surface area (Å²) in [6, 6.07) is 11.9. The van der Waals surface area contributed by atoms with Gasteiger partial charge in [-0.15, -0.1) is 10.2 Å². The maximum atomic E-state index is 13.5. The zero-order valence-electron chi connectivity index (χ0n) is 21.7. The summed E-state index contributed by atoms with van der Waals surface area (Å²) in [5, 5.41) is 28.9. The third-order valence-corrected chi connectivity index (χ3v) is 7.39. The molecular weight excluding hydrogens is 631 g/mol. The molecule has 2 atom stereocenters. The van der Waals surface area contributed by atoms with Gasteiger partial charge in [0, 0.05) is 23.6 Å². The predicted molar refractivity (Wildman–Crippen MR) is 142 cm³/mol. The molecule has 1 saturated heterocycles. The van der Waals surface area contributed by atoms with Crippen LogP contribution in [-0.2, 0) is 13.1 Å². The number of nitrogens with zero attached hydrogens (tertiary/aromatic N) is 7. The van der Waals surface area contributed by atoms with E-state index >= 15 is 0 Å². The van der Waals surface area contributed by atoms with E-state index in [0.29, 0.717) is 9.59 Å². The van der Waals surface area contributed by atoms with Crippen molar-refractivity contribution in [1.29, 1.82) is 0 Å². The minimum absolute atomic E-state index is 0.124. The minimum Gasteiger partial charge on any atom is -0.382 e. The van der Waals surface area contributed by atoms with Crippen LogP contribution >= 0.6 is 23.2 Å². The Labute approximate surface area is 248 Å². The lowest BCUT2D eigenvalue weighted by molar-refractivity contribution is -0.250. The van der Waals surface area contributed by atoms with Gasteiger partial charge in [-0.1, -0.05) is 35.3 Å². The average molecular weight is 652 g/mol. The fourth-order valence-corrected chi connectivity index (χ4v) is 4.87. The molecule has 2 aromatic carbocycles. The van der Waals surface area contributed by atoms with Crippen LogP contribution in [0.25, 0.3) is 17.1 Å². The van der Waals surface area contributed by atoms with Crippen LogP contribution in [0.2, 0.25) is 10.0 Å². The van der Waals surface area contributed by atoms with Crippen LogP contribution in [0.15, 0.2) is 53.3 Å². The van der Waals surface area contributed by atoms with Crippen molar-refractivity contribution in [2.75, 3.05) is 18.0 Å². The molecule has 0 amide bonds. The summed E-state index contributed by atoms with van der Waals surface area (Å²) in [6.07, 6.45) is -13.5. The molecule has 0 bridgehead atoms. The largest absolute Gasteiger partial charge is 0.419 e. The van der Waals surface area contributed by atoms with Crippen molar-refractivity contribution >= 4 is 29.2 Å². The van der Waals surface area contributed by atoms with Crippen LogP contribution in [0.1, 0.15) is 12.2 Å².